The average molecular weight is 540 g/mol. The van der Waals surface area contributed by atoms with Crippen LogP contribution in [0.2, 0.25) is 0 Å². The molecule has 2 N–H and O–H groups in total. The molecule has 0 bridgehead atoms. The number of rotatable bonds is 14. The molecule has 0 aliphatic carbocycles. The molecule has 0 aromatic heterocycles. The molecule has 0 saturated carbocycles. The Morgan fingerprint density at radius 2 is 1.06 bits per heavy atom. The summed E-state index contributed by atoms with van der Waals surface area (Å²) in [6.45, 7) is 5.39. The van der Waals surface area contributed by atoms with Gasteiger partial charge in [-0.3, -0.25) is 0 Å². The van der Waals surface area contributed by atoms with Crippen molar-refractivity contribution in [1.29, 1.82) is 0 Å². The number of ether oxygens (including phenoxy) is 2. The van der Waals surface area contributed by atoms with E-state index in [1.807, 2.05) is 0 Å². The summed E-state index contributed by atoms with van der Waals surface area (Å²) >= 11 is 0. The number of aromatic carboxylic acids is 2. The standard InChI is InChI=1S/2C13H18O4.Zn/c2*1-2-3-4-5-8-17-10-6-7-11(13(15)16)12(14)9-10;/h2*6-7,9,14H,2-5,8H2,1H3,(H,15,16);/q;;+2/p-2. The van der Waals surface area contributed by atoms with Crippen molar-refractivity contribution in [1.82, 2.24) is 0 Å². The zero-order chi connectivity index (χ0) is 25.3. The predicted molar refractivity (Wildman–Crippen MR) is 125 cm³/mol. The zero-order valence-corrected chi connectivity index (χ0v) is 23.6. The monoisotopic (exact) mass is 538 g/mol. The number of hydrogen-bond donors (Lipinski definition) is 2. The predicted octanol–water partition coefficient (Wildman–Crippen LogP) is 4.83. The molecule has 0 aliphatic rings. The molecular formula is C26H34O8Zn. The van der Waals surface area contributed by atoms with Crippen molar-refractivity contribution in [3.63, 3.8) is 0 Å². The summed E-state index contributed by atoms with van der Waals surface area (Å²) in [4.78, 5) is 21.2. The van der Waals surface area contributed by atoms with E-state index in [2.05, 4.69) is 13.8 Å². The number of hydrogen-bond acceptors (Lipinski definition) is 6. The van der Waals surface area contributed by atoms with Gasteiger partial charge < -0.3 is 29.9 Å². The molecule has 0 saturated heterocycles. The van der Waals surface area contributed by atoms with Gasteiger partial charge in [-0.2, -0.15) is 0 Å². The quantitative estimate of drug-likeness (QED) is 0.257. The van der Waals surface area contributed by atoms with Crippen molar-refractivity contribution in [2.45, 2.75) is 65.2 Å². The van der Waals surface area contributed by atoms with Gasteiger partial charge in [-0.1, -0.05) is 63.9 Å². The minimum absolute atomic E-state index is 0. The van der Waals surface area contributed by atoms with Crippen LogP contribution in [0.1, 0.15) is 85.9 Å². The SMILES string of the molecule is CCCCCCOc1ccc(C(=O)O)c([O-])c1.CCCCCCOc1ccc(C(=O)O)c([O-])c1.[Zn+2]. The molecule has 0 atom stereocenters. The molecule has 0 heterocycles. The maximum Gasteiger partial charge on any atom is 2.00 e. The van der Waals surface area contributed by atoms with Crippen LogP contribution in [0.4, 0.5) is 0 Å². The second-order valence-electron chi connectivity index (χ2n) is 7.74. The van der Waals surface area contributed by atoms with Gasteiger partial charge in [-0.05, 0) is 49.2 Å². The summed E-state index contributed by atoms with van der Waals surface area (Å²) in [6.07, 6.45) is 8.78. The Morgan fingerprint density at radius 1 is 0.686 bits per heavy atom. The summed E-state index contributed by atoms with van der Waals surface area (Å²) < 4.78 is 10.8. The summed E-state index contributed by atoms with van der Waals surface area (Å²) in [5.41, 5.74) is -0.438. The first kappa shape index (κ1) is 32.2. The molecule has 0 radical (unpaired) electrons. The summed E-state index contributed by atoms with van der Waals surface area (Å²) in [5, 5.41) is 40.1. The second kappa shape index (κ2) is 18.5. The maximum atomic E-state index is 11.4. The van der Waals surface area contributed by atoms with Gasteiger partial charge in [0.1, 0.15) is 11.5 Å². The van der Waals surface area contributed by atoms with E-state index in [4.69, 9.17) is 19.7 Å². The summed E-state index contributed by atoms with van der Waals surface area (Å²) in [6, 6.07) is 8.06. The molecule has 9 heteroatoms. The minimum atomic E-state index is -1.20. The smallest absolute Gasteiger partial charge is 0.872 e. The molecule has 0 fully saturated rings. The van der Waals surface area contributed by atoms with Crippen molar-refractivity contribution in [2.75, 3.05) is 13.2 Å². The first-order valence-electron chi connectivity index (χ1n) is 11.6. The van der Waals surface area contributed by atoms with E-state index >= 15 is 0 Å². The largest absolute Gasteiger partial charge is 2.00 e. The van der Waals surface area contributed by atoms with E-state index in [0.717, 1.165) is 38.5 Å². The zero-order valence-electron chi connectivity index (χ0n) is 20.6. The van der Waals surface area contributed by atoms with Gasteiger partial charge in [0.05, 0.1) is 24.3 Å². The van der Waals surface area contributed by atoms with E-state index in [-0.39, 0.29) is 30.6 Å². The van der Waals surface area contributed by atoms with Crippen LogP contribution in [0.3, 0.4) is 0 Å². The van der Waals surface area contributed by atoms with Gasteiger partial charge in [0.25, 0.3) is 0 Å². The normalized spacial score (nSPS) is 9.89. The Bertz CT molecular complexity index is 827. The molecule has 0 aliphatic heterocycles. The molecule has 188 valence electrons. The molecule has 35 heavy (non-hydrogen) atoms. The topological polar surface area (TPSA) is 139 Å². The number of carboxylic acids is 2. The van der Waals surface area contributed by atoms with Crippen LogP contribution in [0.15, 0.2) is 36.4 Å². The maximum absolute atomic E-state index is 11.4. The van der Waals surface area contributed by atoms with Crippen molar-refractivity contribution in [3.05, 3.63) is 47.5 Å². The van der Waals surface area contributed by atoms with Crippen molar-refractivity contribution in [2.24, 2.45) is 0 Å². The van der Waals surface area contributed by atoms with Crippen LogP contribution in [0.5, 0.6) is 23.0 Å². The van der Waals surface area contributed by atoms with Gasteiger partial charge in [0.15, 0.2) is 0 Å². The molecular weight excluding hydrogens is 506 g/mol. The molecule has 0 unspecified atom stereocenters. The van der Waals surface area contributed by atoms with Gasteiger partial charge in [-0.25, -0.2) is 9.59 Å². The summed E-state index contributed by atoms with van der Waals surface area (Å²) in [5.74, 6) is -2.55. The Kier molecular flexibility index (Phi) is 17.0. The van der Waals surface area contributed by atoms with Crippen molar-refractivity contribution in [3.8, 4) is 23.0 Å². The Balaban J connectivity index is 0.000000642. The third-order valence-electron chi connectivity index (χ3n) is 4.90. The van der Waals surface area contributed by atoms with Crippen LogP contribution in [0.25, 0.3) is 0 Å². The average Bonchev–Trinajstić information content (AvgIpc) is 2.79. The van der Waals surface area contributed by atoms with E-state index in [1.165, 1.54) is 49.2 Å². The second-order valence-corrected chi connectivity index (χ2v) is 7.74. The molecule has 2 aromatic carbocycles. The number of carboxylic acid groups (broad SMARTS) is 2. The van der Waals surface area contributed by atoms with Crippen LogP contribution in [-0.2, 0) is 19.5 Å². The fourth-order valence-electron chi connectivity index (χ4n) is 2.98. The molecule has 0 amide bonds. The van der Waals surface area contributed by atoms with Crippen LogP contribution < -0.4 is 19.7 Å². The van der Waals surface area contributed by atoms with Crippen molar-refractivity contribution >= 4 is 11.9 Å². The van der Waals surface area contributed by atoms with E-state index in [9.17, 15) is 19.8 Å². The number of unbranched alkanes of at least 4 members (excludes halogenated alkanes) is 6. The third-order valence-corrected chi connectivity index (χ3v) is 4.90. The van der Waals surface area contributed by atoms with Crippen LogP contribution in [0, 0.1) is 0 Å². The number of benzene rings is 2. The number of carbonyl (C=O) groups is 2. The Hall–Kier alpha value is -2.80. The molecule has 0 spiro atoms. The van der Waals surface area contributed by atoms with E-state index in [0.29, 0.717) is 24.7 Å². The third kappa shape index (κ3) is 13.0. The van der Waals surface area contributed by atoms with Gasteiger partial charge in [-0.15, -0.1) is 0 Å². The van der Waals surface area contributed by atoms with E-state index < -0.39 is 23.4 Å². The first-order valence-corrected chi connectivity index (χ1v) is 11.6. The molecule has 2 aromatic rings. The summed E-state index contributed by atoms with van der Waals surface area (Å²) in [7, 11) is 0. The fourth-order valence-corrected chi connectivity index (χ4v) is 2.98. The molecule has 8 nitrogen and oxygen atoms in total. The van der Waals surface area contributed by atoms with Crippen molar-refractivity contribution < 1.29 is 59.0 Å². The van der Waals surface area contributed by atoms with Gasteiger partial charge in [0, 0.05) is 0 Å². The Morgan fingerprint density at radius 3 is 1.34 bits per heavy atom. The van der Waals surface area contributed by atoms with Crippen LogP contribution in [-0.4, -0.2) is 35.4 Å². The Labute approximate surface area is 219 Å². The first-order chi connectivity index (χ1) is 16.3. The van der Waals surface area contributed by atoms with Gasteiger partial charge in [0.2, 0.25) is 0 Å². The van der Waals surface area contributed by atoms with Crippen LogP contribution >= 0.6 is 0 Å². The van der Waals surface area contributed by atoms with Gasteiger partial charge >= 0.3 is 31.4 Å². The van der Waals surface area contributed by atoms with E-state index in [1.54, 1.807) is 0 Å². The molecule has 2 rings (SSSR count). The minimum Gasteiger partial charge on any atom is -0.872 e. The fraction of sp³-hybridized carbons (Fsp3) is 0.462.